The number of furan rings is 1. The molecule has 2 aromatic heterocycles. The highest BCUT2D eigenvalue weighted by Gasteiger charge is 2.15. The maximum atomic E-state index is 11.8. The first kappa shape index (κ1) is 12.0. The smallest absolute Gasteiger partial charge is 0.227 e. The third kappa shape index (κ3) is 2.70. The normalized spacial score (nSPS) is 14.1. The number of fused-ring (bicyclic) bond motifs is 1. The van der Waals surface area contributed by atoms with Gasteiger partial charge in [0, 0.05) is 24.3 Å². The number of carbonyl (C=O) groups is 1. The fourth-order valence-electron chi connectivity index (χ4n) is 2.46. The van der Waals surface area contributed by atoms with Crippen molar-refractivity contribution in [2.45, 2.75) is 38.8 Å². The van der Waals surface area contributed by atoms with Gasteiger partial charge in [-0.25, -0.2) is 0 Å². The summed E-state index contributed by atoms with van der Waals surface area (Å²) in [7, 11) is 0. The number of nitrogens with zero attached hydrogens (tertiary/aromatic N) is 2. The van der Waals surface area contributed by atoms with Crippen LogP contribution < -0.4 is 5.32 Å². The van der Waals surface area contributed by atoms with Crippen LogP contribution in [0.3, 0.4) is 0 Å². The van der Waals surface area contributed by atoms with Crippen LogP contribution >= 0.6 is 0 Å². The van der Waals surface area contributed by atoms with E-state index >= 15 is 0 Å². The third-order valence-corrected chi connectivity index (χ3v) is 3.46. The molecular weight excluding hydrogens is 242 g/mol. The van der Waals surface area contributed by atoms with Gasteiger partial charge in [-0.15, -0.1) is 0 Å². The lowest BCUT2D eigenvalue weighted by Gasteiger charge is -2.14. The molecule has 0 aromatic carbocycles. The van der Waals surface area contributed by atoms with E-state index in [0.717, 1.165) is 18.5 Å². The fraction of sp³-hybridized carbons (Fsp3) is 0.429. The van der Waals surface area contributed by atoms with Gasteiger partial charge in [0.2, 0.25) is 5.91 Å². The van der Waals surface area contributed by atoms with Gasteiger partial charge in [0.1, 0.15) is 5.76 Å². The minimum atomic E-state index is -0.0225. The monoisotopic (exact) mass is 259 g/mol. The molecule has 3 rings (SSSR count). The molecule has 0 fully saturated rings. The highest BCUT2D eigenvalue weighted by atomic mass is 16.3. The Morgan fingerprint density at radius 3 is 3.26 bits per heavy atom. The van der Waals surface area contributed by atoms with Gasteiger partial charge in [-0.2, -0.15) is 5.10 Å². The largest absolute Gasteiger partial charge is 0.469 e. The Bertz CT molecular complexity index is 557. The van der Waals surface area contributed by atoms with E-state index in [0.29, 0.717) is 12.3 Å². The first-order valence-electron chi connectivity index (χ1n) is 6.65. The molecule has 5 heteroatoms. The zero-order chi connectivity index (χ0) is 13.1. The molecule has 19 heavy (non-hydrogen) atoms. The molecule has 0 atom stereocenters. The lowest BCUT2D eigenvalue weighted by Crippen LogP contribution is -2.25. The number of hydrogen-bond acceptors (Lipinski definition) is 3. The van der Waals surface area contributed by atoms with Crippen molar-refractivity contribution in [1.82, 2.24) is 15.1 Å². The molecule has 0 unspecified atom stereocenters. The van der Waals surface area contributed by atoms with Crippen LogP contribution in [0.4, 0.5) is 0 Å². The number of amides is 1. The Labute approximate surface area is 111 Å². The quantitative estimate of drug-likeness (QED) is 0.908. The van der Waals surface area contributed by atoms with Crippen molar-refractivity contribution in [3.05, 3.63) is 41.6 Å². The van der Waals surface area contributed by atoms with E-state index in [-0.39, 0.29) is 12.3 Å². The zero-order valence-corrected chi connectivity index (χ0v) is 10.8. The van der Waals surface area contributed by atoms with Crippen LogP contribution in [0.5, 0.6) is 0 Å². The second kappa shape index (κ2) is 5.30. The summed E-state index contributed by atoms with van der Waals surface area (Å²) in [6.45, 7) is 1.55. The summed E-state index contributed by atoms with van der Waals surface area (Å²) in [5, 5.41) is 7.28. The van der Waals surface area contributed by atoms with Crippen LogP contribution in [0.25, 0.3) is 0 Å². The number of hydrogen-bond donors (Lipinski definition) is 1. The summed E-state index contributed by atoms with van der Waals surface area (Å²) in [6, 6.07) is 3.60. The lowest BCUT2D eigenvalue weighted by atomic mass is 10.1. The number of nitrogens with one attached hydrogen (secondary N) is 1. The maximum Gasteiger partial charge on any atom is 0.227 e. The molecule has 0 aliphatic carbocycles. The fourth-order valence-corrected chi connectivity index (χ4v) is 2.46. The first-order valence-corrected chi connectivity index (χ1v) is 6.65. The van der Waals surface area contributed by atoms with Crippen molar-refractivity contribution in [3.8, 4) is 0 Å². The Morgan fingerprint density at radius 1 is 1.47 bits per heavy atom. The molecule has 1 amide bonds. The van der Waals surface area contributed by atoms with Gasteiger partial charge in [-0.3, -0.25) is 9.48 Å². The van der Waals surface area contributed by atoms with Crippen molar-refractivity contribution < 1.29 is 9.21 Å². The average Bonchev–Trinajstić information content (AvgIpc) is 3.05. The van der Waals surface area contributed by atoms with Crippen LogP contribution in [0.2, 0.25) is 0 Å². The summed E-state index contributed by atoms with van der Waals surface area (Å²) < 4.78 is 7.21. The van der Waals surface area contributed by atoms with Gasteiger partial charge in [0.25, 0.3) is 0 Å². The van der Waals surface area contributed by atoms with Gasteiger partial charge in [0.15, 0.2) is 0 Å². The summed E-state index contributed by atoms with van der Waals surface area (Å²) in [4.78, 5) is 11.8. The van der Waals surface area contributed by atoms with Crippen molar-refractivity contribution >= 4 is 5.91 Å². The number of rotatable bonds is 4. The minimum absolute atomic E-state index is 0.0225. The predicted octanol–water partition coefficient (Wildman–Crippen LogP) is 1.67. The molecule has 0 saturated heterocycles. The number of aryl methyl sites for hydroxylation is 1. The van der Waals surface area contributed by atoms with Crippen LogP contribution in [-0.2, 0) is 30.7 Å². The van der Waals surface area contributed by atoms with E-state index in [1.807, 2.05) is 6.20 Å². The Kier molecular flexibility index (Phi) is 3.35. The molecule has 5 nitrogen and oxygen atoms in total. The molecule has 100 valence electrons. The van der Waals surface area contributed by atoms with E-state index in [1.54, 1.807) is 18.4 Å². The van der Waals surface area contributed by atoms with Crippen LogP contribution in [0.1, 0.15) is 29.9 Å². The zero-order valence-electron chi connectivity index (χ0n) is 10.8. The van der Waals surface area contributed by atoms with Crippen molar-refractivity contribution in [2.75, 3.05) is 0 Å². The SMILES string of the molecule is O=C(Cc1ccco1)NCc1cnn2c1CCCC2. The average molecular weight is 259 g/mol. The van der Waals surface area contributed by atoms with Crippen LogP contribution in [-0.4, -0.2) is 15.7 Å². The molecule has 1 aliphatic heterocycles. The highest BCUT2D eigenvalue weighted by Crippen LogP contribution is 2.17. The topological polar surface area (TPSA) is 60.1 Å². The Balaban J connectivity index is 1.57. The van der Waals surface area contributed by atoms with E-state index in [1.165, 1.54) is 18.5 Å². The van der Waals surface area contributed by atoms with Crippen LogP contribution in [0, 0.1) is 0 Å². The predicted molar refractivity (Wildman–Crippen MR) is 69.4 cm³/mol. The molecule has 1 aliphatic rings. The second-order valence-corrected chi connectivity index (χ2v) is 4.83. The lowest BCUT2D eigenvalue weighted by molar-refractivity contribution is -0.120. The molecule has 3 heterocycles. The van der Waals surface area contributed by atoms with E-state index in [2.05, 4.69) is 15.1 Å². The first-order chi connectivity index (χ1) is 9.33. The molecule has 0 saturated carbocycles. The van der Waals surface area contributed by atoms with Gasteiger partial charge in [-0.1, -0.05) is 0 Å². The molecule has 0 spiro atoms. The minimum Gasteiger partial charge on any atom is -0.469 e. The van der Waals surface area contributed by atoms with Gasteiger partial charge in [0.05, 0.1) is 18.9 Å². The second-order valence-electron chi connectivity index (χ2n) is 4.83. The van der Waals surface area contributed by atoms with E-state index < -0.39 is 0 Å². The molecule has 1 N–H and O–H groups in total. The summed E-state index contributed by atoms with van der Waals surface area (Å²) >= 11 is 0. The molecular formula is C14H17N3O2. The summed E-state index contributed by atoms with van der Waals surface area (Å²) in [6.07, 6.45) is 7.20. The highest BCUT2D eigenvalue weighted by molar-refractivity contribution is 5.77. The Hall–Kier alpha value is -2.04. The van der Waals surface area contributed by atoms with E-state index in [4.69, 9.17) is 4.42 Å². The molecule has 0 radical (unpaired) electrons. The summed E-state index contributed by atoms with van der Waals surface area (Å²) in [5.41, 5.74) is 2.40. The molecule has 2 aromatic rings. The maximum absolute atomic E-state index is 11.8. The standard InChI is InChI=1S/C14H17N3O2/c18-14(8-12-4-3-7-19-12)15-9-11-10-16-17-6-2-1-5-13(11)17/h3-4,7,10H,1-2,5-6,8-9H2,(H,15,18). The van der Waals surface area contributed by atoms with Crippen LogP contribution in [0.15, 0.2) is 29.0 Å². The van der Waals surface area contributed by atoms with Gasteiger partial charge < -0.3 is 9.73 Å². The van der Waals surface area contributed by atoms with Crippen molar-refractivity contribution in [3.63, 3.8) is 0 Å². The Morgan fingerprint density at radius 2 is 2.42 bits per heavy atom. The number of carbonyl (C=O) groups excluding carboxylic acids is 1. The summed E-state index contributed by atoms with van der Waals surface area (Å²) in [5.74, 6) is 0.667. The van der Waals surface area contributed by atoms with Crippen molar-refractivity contribution in [1.29, 1.82) is 0 Å². The van der Waals surface area contributed by atoms with Crippen molar-refractivity contribution in [2.24, 2.45) is 0 Å². The number of aromatic nitrogens is 2. The third-order valence-electron chi connectivity index (χ3n) is 3.46. The van der Waals surface area contributed by atoms with Gasteiger partial charge in [-0.05, 0) is 31.4 Å². The van der Waals surface area contributed by atoms with Gasteiger partial charge >= 0.3 is 0 Å². The van der Waals surface area contributed by atoms with E-state index in [9.17, 15) is 4.79 Å². The molecule has 0 bridgehead atoms.